The molecule has 0 aliphatic rings. The first-order valence-corrected chi connectivity index (χ1v) is 6.75. The molecule has 2 aromatic rings. The number of H-pyrrole nitrogens is 1. The number of aromatic nitrogens is 2. The molecule has 0 saturated heterocycles. The van der Waals surface area contributed by atoms with Gasteiger partial charge in [-0.05, 0) is 30.2 Å². The maximum Gasteiger partial charge on any atom is 0.335 e. The number of benzene rings is 1. The highest BCUT2D eigenvalue weighted by Crippen LogP contribution is 2.06. The van der Waals surface area contributed by atoms with Crippen LogP contribution in [0.3, 0.4) is 0 Å². The van der Waals surface area contributed by atoms with Crippen molar-refractivity contribution in [1.82, 2.24) is 15.5 Å². The molecule has 6 heteroatoms. The van der Waals surface area contributed by atoms with Crippen molar-refractivity contribution in [3.63, 3.8) is 0 Å². The summed E-state index contributed by atoms with van der Waals surface area (Å²) in [5.41, 5.74) is 2.35. The van der Waals surface area contributed by atoms with E-state index in [0.717, 1.165) is 24.1 Å². The lowest BCUT2D eigenvalue weighted by molar-refractivity contribution is 0.0696. The summed E-state index contributed by atoms with van der Waals surface area (Å²) in [5.74, 6) is -1.22. The fourth-order valence-electron chi connectivity index (χ4n) is 1.91. The van der Waals surface area contributed by atoms with Crippen LogP contribution in [0.4, 0.5) is 0 Å². The van der Waals surface area contributed by atoms with Crippen molar-refractivity contribution in [1.29, 1.82) is 0 Å². The number of carboxylic acids is 1. The van der Waals surface area contributed by atoms with E-state index in [-0.39, 0.29) is 11.5 Å². The Hall–Kier alpha value is -2.63. The summed E-state index contributed by atoms with van der Waals surface area (Å²) < 4.78 is 0. The molecule has 0 aliphatic heterocycles. The van der Waals surface area contributed by atoms with E-state index in [0.29, 0.717) is 12.2 Å². The number of aromatic amines is 1. The number of hydrogen-bond donors (Lipinski definition) is 3. The lowest BCUT2D eigenvalue weighted by Gasteiger charge is -2.03. The molecule has 1 amide bonds. The third kappa shape index (κ3) is 3.92. The lowest BCUT2D eigenvalue weighted by Crippen LogP contribution is -2.23. The van der Waals surface area contributed by atoms with E-state index in [1.807, 2.05) is 0 Å². The van der Waals surface area contributed by atoms with Crippen molar-refractivity contribution in [2.75, 3.05) is 0 Å². The zero-order valence-electron chi connectivity index (χ0n) is 11.7. The SMILES string of the molecule is CCCc1cc(C(=O)NCc2ccc(C(=O)O)cc2)n[nH]1. The zero-order chi connectivity index (χ0) is 15.2. The van der Waals surface area contributed by atoms with E-state index in [2.05, 4.69) is 22.4 Å². The standard InChI is InChI=1S/C15H17N3O3/c1-2-3-12-8-13(18-17-12)14(19)16-9-10-4-6-11(7-5-10)15(20)21/h4-8H,2-3,9H2,1H3,(H,16,19)(H,17,18)(H,20,21). The molecular weight excluding hydrogens is 270 g/mol. The van der Waals surface area contributed by atoms with Crippen LogP contribution in [-0.4, -0.2) is 27.2 Å². The van der Waals surface area contributed by atoms with Crippen LogP contribution in [0, 0.1) is 0 Å². The Morgan fingerprint density at radius 3 is 2.62 bits per heavy atom. The Balaban J connectivity index is 1.92. The Bertz CT molecular complexity index is 632. The minimum Gasteiger partial charge on any atom is -0.478 e. The van der Waals surface area contributed by atoms with Crippen LogP contribution in [-0.2, 0) is 13.0 Å². The van der Waals surface area contributed by atoms with Gasteiger partial charge in [-0.25, -0.2) is 4.79 Å². The van der Waals surface area contributed by atoms with Gasteiger partial charge in [0, 0.05) is 12.2 Å². The number of nitrogens with one attached hydrogen (secondary N) is 2. The van der Waals surface area contributed by atoms with Gasteiger partial charge < -0.3 is 10.4 Å². The molecule has 1 aromatic heterocycles. The van der Waals surface area contributed by atoms with Crippen LogP contribution in [0.15, 0.2) is 30.3 Å². The average molecular weight is 287 g/mol. The monoisotopic (exact) mass is 287 g/mol. The molecular formula is C15H17N3O3. The van der Waals surface area contributed by atoms with Crippen molar-refractivity contribution in [3.8, 4) is 0 Å². The van der Waals surface area contributed by atoms with E-state index < -0.39 is 5.97 Å². The van der Waals surface area contributed by atoms with Crippen LogP contribution < -0.4 is 5.32 Å². The lowest BCUT2D eigenvalue weighted by atomic mass is 10.1. The Morgan fingerprint density at radius 2 is 2.00 bits per heavy atom. The second kappa shape index (κ2) is 6.69. The first-order chi connectivity index (χ1) is 10.1. The molecule has 0 fully saturated rings. The maximum absolute atomic E-state index is 11.9. The number of nitrogens with zero attached hydrogens (tertiary/aromatic N) is 1. The molecule has 3 N–H and O–H groups in total. The average Bonchev–Trinajstić information content (AvgIpc) is 2.94. The van der Waals surface area contributed by atoms with E-state index in [1.54, 1.807) is 18.2 Å². The van der Waals surface area contributed by atoms with Crippen LogP contribution in [0.1, 0.15) is 45.4 Å². The van der Waals surface area contributed by atoms with Crippen molar-refractivity contribution in [2.45, 2.75) is 26.3 Å². The van der Waals surface area contributed by atoms with Gasteiger partial charge in [0.15, 0.2) is 0 Å². The summed E-state index contributed by atoms with van der Waals surface area (Å²) in [6, 6.07) is 8.12. The number of hydrogen-bond acceptors (Lipinski definition) is 3. The molecule has 0 spiro atoms. The van der Waals surface area contributed by atoms with Crippen LogP contribution in [0.25, 0.3) is 0 Å². The van der Waals surface area contributed by atoms with Gasteiger partial charge in [0.1, 0.15) is 5.69 Å². The predicted octanol–water partition coefficient (Wildman–Crippen LogP) is 1.99. The predicted molar refractivity (Wildman–Crippen MR) is 77.2 cm³/mol. The third-order valence-corrected chi connectivity index (χ3v) is 3.04. The Labute approximate surface area is 122 Å². The highest BCUT2D eigenvalue weighted by molar-refractivity contribution is 5.92. The summed E-state index contributed by atoms with van der Waals surface area (Å²) in [6.07, 6.45) is 1.84. The number of carbonyl (C=O) groups is 2. The highest BCUT2D eigenvalue weighted by atomic mass is 16.4. The van der Waals surface area contributed by atoms with E-state index >= 15 is 0 Å². The summed E-state index contributed by atoms with van der Waals surface area (Å²) in [4.78, 5) is 22.7. The van der Waals surface area contributed by atoms with Gasteiger partial charge in [0.05, 0.1) is 5.56 Å². The molecule has 0 aliphatic carbocycles. The Kier molecular flexibility index (Phi) is 4.71. The van der Waals surface area contributed by atoms with Gasteiger partial charge in [-0.15, -0.1) is 0 Å². The summed E-state index contributed by atoms with van der Waals surface area (Å²) in [5, 5.41) is 18.4. The molecule has 0 bridgehead atoms. The summed E-state index contributed by atoms with van der Waals surface area (Å²) in [6.45, 7) is 2.38. The molecule has 110 valence electrons. The number of aromatic carboxylic acids is 1. The second-order valence-corrected chi connectivity index (χ2v) is 4.71. The van der Waals surface area contributed by atoms with Crippen molar-refractivity contribution in [3.05, 3.63) is 52.8 Å². The topological polar surface area (TPSA) is 95.1 Å². The summed E-state index contributed by atoms with van der Waals surface area (Å²) in [7, 11) is 0. The molecule has 1 heterocycles. The molecule has 21 heavy (non-hydrogen) atoms. The third-order valence-electron chi connectivity index (χ3n) is 3.04. The molecule has 1 aromatic carbocycles. The van der Waals surface area contributed by atoms with Crippen LogP contribution in [0.5, 0.6) is 0 Å². The van der Waals surface area contributed by atoms with Crippen molar-refractivity contribution < 1.29 is 14.7 Å². The largest absolute Gasteiger partial charge is 0.478 e. The normalized spacial score (nSPS) is 10.3. The summed E-state index contributed by atoms with van der Waals surface area (Å²) >= 11 is 0. The van der Waals surface area contributed by atoms with Crippen LogP contribution in [0.2, 0.25) is 0 Å². The number of amides is 1. The Morgan fingerprint density at radius 1 is 1.29 bits per heavy atom. The maximum atomic E-state index is 11.9. The molecule has 0 radical (unpaired) electrons. The number of rotatable bonds is 6. The van der Waals surface area contributed by atoms with E-state index in [1.165, 1.54) is 12.1 Å². The van der Waals surface area contributed by atoms with Gasteiger partial charge in [-0.3, -0.25) is 9.89 Å². The van der Waals surface area contributed by atoms with Gasteiger partial charge >= 0.3 is 5.97 Å². The highest BCUT2D eigenvalue weighted by Gasteiger charge is 2.10. The van der Waals surface area contributed by atoms with Crippen molar-refractivity contribution >= 4 is 11.9 Å². The molecule has 0 unspecified atom stereocenters. The first-order valence-electron chi connectivity index (χ1n) is 6.75. The first kappa shape index (κ1) is 14.8. The quantitative estimate of drug-likeness (QED) is 0.757. The zero-order valence-corrected chi connectivity index (χ0v) is 11.7. The number of carbonyl (C=O) groups excluding carboxylic acids is 1. The van der Waals surface area contributed by atoms with Gasteiger partial charge in [-0.2, -0.15) is 5.10 Å². The fraction of sp³-hybridized carbons (Fsp3) is 0.267. The van der Waals surface area contributed by atoms with Gasteiger partial charge in [0.25, 0.3) is 5.91 Å². The molecule has 0 atom stereocenters. The van der Waals surface area contributed by atoms with Crippen LogP contribution >= 0.6 is 0 Å². The van der Waals surface area contributed by atoms with Gasteiger partial charge in [0.2, 0.25) is 0 Å². The minimum absolute atomic E-state index is 0.224. The van der Waals surface area contributed by atoms with E-state index in [4.69, 9.17) is 5.11 Å². The fourth-order valence-corrected chi connectivity index (χ4v) is 1.91. The molecule has 0 saturated carbocycles. The van der Waals surface area contributed by atoms with E-state index in [9.17, 15) is 9.59 Å². The molecule has 2 rings (SSSR count). The number of aryl methyl sites for hydroxylation is 1. The smallest absolute Gasteiger partial charge is 0.335 e. The second-order valence-electron chi connectivity index (χ2n) is 4.71. The van der Waals surface area contributed by atoms with Gasteiger partial charge in [-0.1, -0.05) is 25.5 Å². The minimum atomic E-state index is -0.967. The molecule has 6 nitrogen and oxygen atoms in total. The number of carboxylic acid groups (broad SMARTS) is 1. The van der Waals surface area contributed by atoms with Crippen molar-refractivity contribution in [2.24, 2.45) is 0 Å².